The average Bonchev–Trinajstić information content (AvgIpc) is 2.70. The van der Waals surface area contributed by atoms with E-state index in [0.29, 0.717) is 12.2 Å². The second-order valence-electron chi connectivity index (χ2n) is 4.28. The van der Waals surface area contributed by atoms with Gasteiger partial charge in [0.1, 0.15) is 5.69 Å². The fraction of sp³-hybridized carbons (Fsp3) is 0.214. The number of carbonyl (C=O) groups is 1. The largest absolute Gasteiger partial charge is 0.344 e. The van der Waals surface area contributed by atoms with Crippen LogP contribution in [0.2, 0.25) is 0 Å². The fourth-order valence-corrected chi connectivity index (χ4v) is 1.81. The molecule has 0 aliphatic carbocycles. The maximum absolute atomic E-state index is 12.1. The van der Waals surface area contributed by atoms with Gasteiger partial charge >= 0.3 is 0 Å². The van der Waals surface area contributed by atoms with Gasteiger partial charge in [-0.15, -0.1) is 0 Å². The lowest BCUT2D eigenvalue weighted by Gasteiger charge is -2.08. The third kappa shape index (κ3) is 2.43. The van der Waals surface area contributed by atoms with Crippen molar-refractivity contribution in [2.45, 2.75) is 13.5 Å². The number of nitrogens with one attached hydrogen (secondary N) is 1. The second-order valence-corrected chi connectivity index (χ2v) is 4.28. The van der Waals surface area contributed by atoms with Gasteiger partial charge in [-0.1, -0.05) is 12.1 Å². The monoisotopic (exact) mass is 243 g/mol. The van der Waals surface area contributed by atoms with Crippen LogP contribution in [-0.2, 0) is 13.6 Å². The van der Waals surface area contributed by atoms with Crippen molar-refractivity contribution in [3.05, 3.63) is 53.3 Å². The zero-order valence-electron chi connectivity index (χ0n) is 10.6. The molecule has 0 saturated heterocycles. The Balaban J connectivity index is 2.18. The molecule has 0 spiro atoms. The summed E-state index contributed by atoms with van der Waals surface area (Å²) >= 11 is 0. The maximum atomic E-state index is 12.1. The third-order valence-corrected chi connectivity index (χ3v) is 3.03. The van der Waals surface area contributed by atoms with Crippen LogP contribution in [-0.4, -0.2) is 10.5 Å². The second kappa shape index (κ2) is 5.06. The first kappa shape index (κ1) is 12.4. The summed E-state index contributed by atoms with van der Waals surface area (Å²) in [7, 11) is 1.88. The summed E-state index contributed by atoms with van der Waals surface area (Å²) < 4.78 is 1.86. The van der Waals surface area contributed by atoms with Crippen molar-refractivity contribution in [1.82, 2.24) is 4.57 Å². The van der Waals surface area contributed by atoms with E-state index in [1.807, 2.05) is 54.9 Å². The molecule has 1 aromatic carbocycles. The summed E-state index contributed by atoms with van der Waals surface area (Å²) in [6.07, 6.45) is 0. The van der Waals surface area contributed by atoms with E-state index in [0.717, 1.165) is 16.9 Å². The minimum absolute atomic E-state index is 0.111. The number of benzene rings is 1. The molecule has 0 fully saturated rings. The van der Waals surface area contributed by atoms with Crippen molar-refractivity contribution in [3.8, 4) is 0 Å². The first-order chi connectivity index (χ1) is 8.61. The van der Waals surface area contributed by atoms with Crippen LogP contribution < -0.4 is 11.1 Å². The number of hydrogen-bond donors (Lipinski definition) is 2. The summed E-state index contributed by atoms with van der Waals surface area (Å²) in [4.78, 5) is 12.1. The molecule has 0 radical (unpaired) electrons. The highest BCUT2D eigenvalue weighted by molar-refractivity contribution is 6.03. The number of rotatable bonds is 3. The summed E-state index contributed by atoms with van der Waals surface area (Å²) in [5.41, 5.74) is 9.03. The minimum atomic E-state index is -0.111. The number of nitrogens with two attached hydrogens (primary N) is 1. The topological polar surface area (TPSA) is 60.1 Å². The Labute approximate surface area is 106 Å². The first-order valence-corrected chi connectivity index (χ1v) is 5.84. The highest BCUT2D eigenvalue weighted by atomic mass is 16.1. The predicted octanol–water partition coefficient (Wildman–Crippen LogP) is 2.04. The fourth-order valence-electron chi connectivity index (χ4n) is 1.81. The van der Waals surface area contributed by atoms with Crippen molar-refractivity contribution < 1.29 is 4.79 Å². The summed E-state index contributed by atoms with van der Waals surface area (Å²) in [5, 5.41) is 2.87. The van der Waals surface area contributed by atoms with Gasteiger partial charge in [-0.2, -0.15) is 0 Å². The molecule has 4 nitrogen and oxygen atoms in total. The Bertz CT molecular complexity index is 572. The van der Waals surface area contributed by atoms with E-state index in [2.05, 4.69) is 5.32 Å². The molecule has 0 aliphatic heterocycles. The van der Waals surface area contributed by atoms with Gasteiger partial charge in [0.15, 0.2) is 0 Å². The van der Waals surface area contributed by atoms with Crippen molar-refractivity contribution in [1.29, 1.82) is 0 Å². The van der Waals surface area contributed by atoms with Crippen LogP contribution in [0.3, 0.4) is 0 Å². The zero-order valence-corrected chi connectivity index (χ0v) is 10.6. The van der Waals surface area contributed by atoms with Gasteiger partial charge in [0.2, 0.25) is 0 Å². The van der Waals surface area contributed by atoms with Gasteiger partial charge < -0.3 is 15.6 Å². The summed E-state index contributed by atoms with van der Waals surface area (Å²) in [6, 6.07) is 11.3. The molecular weight excluding hydrogens is 226 g/mol. The molecule has 18 heavy (non-hydrogen) atoms. The number of carbonyl (C=O) groups excluding carboxylic acids is 1. The lowest BCUT2D eigenvalue weighted by molar-refractivity contribution is 0.101. The van der Waals surface area contributed by atoms with E-state index < -0.39 is 0 Å². The normalized spacial score (nSPS) is 10.4. The Morgan fingerprint density at radius 3 is 2.72 bits per heavy atom. The van der Waals surface area contributed by atoms with Gasteiger partial charge in [-0.3, -0.25) is 4.79 Å². The number of anilines is 1. The number of nitrogens with zero attached hydrogens (tertiary/aromatic N) is 1. The summed E-state index contributed by atoms with van der Waals surface area (Å²) in [6.45, 7) is 2.43. The van der Waals surface area contributed by atoms with Gasteiger partial charge in [0.25, 0.3) is 5.91 Å². The van der Waals surface area contributed by atoms with E-state index in [1.165, 1.54) is 0 Å². The Kier molecular flexibility index (Phi) is 3.48. The highest BCUT2D eigenvalue weighted by Crippen LogP contribution is 2.13. The van der Waals surface area contributed by atoms with Crippen LogP contribution in [0, 0.1) is 6.92 Å². The third-order valence-electron chi connectivity index (χ3n) is 3.03. The van der Waals surface area contributed by atoms with Gasteiger partial charge in [0, 0.05) is 25.0 Å². The number of aromatic nitrogens is 1. The number of amides is 1. The Morgan fingerprint density at radius 1 is 1.33 bits per heavy atom. The average molecular weight is 243 g/mol. The lowest BCUT2D eigenvalue weighted by atomic mass is 10.2. The minimum Gasteiger partial charge on any atom is -0.344 e. The number of aryl methyl sites for hydroxylation is 1. The van der Waals surface area contributed by atoms with Crippen LogP contribution in [0.25, 0.3) is 0 Å². The molecular formula is C14H17N3O. The van der Waals surface area contributed by atoms with Crippen molar-refractivity contribution in [3.63, 3.8) is 0 Å². The van der Waals surface area contributed by atoms with Gasteiger partial charge in [-0.25, -0.2) is 0 Å². The van der Waals surface area contributed by atoms with Gasteiger partial charge in [0.05, 0.1) is 0 Å². The quantitative estimate of drug-likeness (QED) is 0.866. The van der Waals surface area contributed by atoms with Crippen LogP contribution in [0.4, 0.5) is 5.69 Å². The van der Waals surface area contributed by atoms with Crippen molar-refractivity contribution >= 4 is 11.6 Å². The van der Waals surface area contributed by atoms with E-state index in [9.17, 15) is 4.79 Å². The standard InChI is InChI=1S/C14H17N3O/c1-10-6-7-13(17(10)2)14(18)16-12-5-3-4-11(8-12)9-15/h3-8H,9,15H2,1-2H3,(H,16,18). The Hall–Kier alpha value is -2.07. The molecule has 2 aromatic rings. The van der Waals surface area contributed by atoms with Crippen molar-refractivity contribution in [2.75, 3.05) is 5.32 Å². The van der Waals surface area contributed by atoms with E-state index in [4.69, 9.17) is 5.73 Å². The molecule has 3 N–H and O–H groups in total. The molecule has 0 atom stereocenters. The van der Waals surface area contributed by atoms with Crippen LogP contribution in [0.15, 0.2) is 36.4 Å². The molecule has 0 aliphatic rings. The van der Waals surface area contributed by atoms with Crippen molar-refractivity contribution in [2.24, 2.45) is 12.8 Å². The van der Waals surface area contributed by atoms with Crippen LogP contribution in [0.1, 0.15) is 21.7 Å². The SMILES string of the molecule is Cc1ccc(C(=O)Nc2cccc(CN)c2)n1C. The molecule has 94 valence electrons. The zero-order chi connectivity index (χ0) is 13.1. The molecule has 1 heterocycles. The smallest absolute Gasteiger partial charge is 0.272 e. The molecule has 0 bridgehead atoms. The highest BCUT2D eigenvalue weighted by Gasteiger charge is 2.10. The van der Waals surface area contributed by atoms with Gasteiger partial charge in [-0.05, 0) is 36.8 Å². The molecule has 0 unspecified atom stereocenters. The molecule has 0 saturated carbocycles. The van der Waals surface area contributed by atoms with E-state index >= 15 is 0 Å². The molecule has 1 amide bonds. The lowest BCUT2D eigenvalue weighted by Crippen LogP contribution is -2.16. The Morgan fingerprint density at radius 2 is 2.11 bits per heavy atom. The molecule has 4 heteroatoms. The van der Waals surface area contributed by atoms with E-state index in [-0.39, 0.29) is 5.91 Å². The molecule has 2 rings (SSSR count). The number of hydrogen-bond acceptors (Lipinski definition) is 2. The predicted molar refractivity (Wildman–Crippen MR) is 72.4 cm³/mol. The molecule has 1 aromatic heterocycles. The van der Waals surface area contributed by atoms with Crippen LogP contribution in [0.5, 0.6) is 0 Å². The maximum Gasteiger partial charge on any atom is 0.272 e. The van der Waals surface area contributed by atoms with Crippen LogP contribution >= 0.6 is 0 Å². The summed E-state index contributed by atoms with van der Waals surface area (Å²) in [5.74, 6) is -0.111. The first-order valence-electron chi connectivity index (χ1n) is 5.84. The van der Waals surface area contributed by atoms with E-state index in [1.54, 1.807) is 0 Å².